The molecule has 1 aromatic carbocycles. The summed E-state index contributed by atoms with van der Waals surface area (Å²) in [6.07, 6.45) is 0. The Morgan fingerprint density at radius 3 is 2.78 bits per heavy atom. The average Bonchev–Trinajstić information content (AvgIpc) is 2.41. The monoisotopic (exact) mass is 248 g/mol. The van der Waals surface area contributed by atoms with Gasteiger partial charge in [0.1, 0.15) is 0 Å². The number of esters is 1. The molecular weight excluding hydrogens is 228 g/mol. The van der Waals surface area contributed by atoms with Crippen molar-refractivity contribution in [2.24, 2.45) is 0 Å². The highest BCUT2D eigenvalue weighted by atomic mass is 16.5. The molecular formula is C14H20N2O2. The fraction of sp³-hybridized carbons (Fsp3) is 0.500. The molecule has 1 fully saturated rings. The first kappa shape index (κ1) is 13.1. The Morgan fingerprint density at radius 1 is 1.44 bits per heavy atom. The third kappa shape index (κ3) is 3.09. The van der Waals surface area contributed by atoms with Crippen LogP contribution in [-0.2, 0) is 11.3 Å². The number of carbonyl (C=O) groups is 1. The molecule has 1 aromatic rings. The van der Waals surface area contributed by atoms with Crippen LogP contribution in [0.25, 0.3) is 0 Å². The largest absolute Gasteiger partial charge is 0.465 e. The fourth-order valence-corrected chi connectivity index (χ4v) is 2.22. The lowest BCUT2D eigenvalue weighted by Crippen LogP contribution is -2.49. The first-order valence-electron chi connectivity index (χ1n) is 6.32. The summed E-state index contributed by atoms with van der Waals surface area (Å²) in [7, 11) is 1.40. The van der Waals surface area contributed by atoms with E-state index in [9.17, 15) is 4.79 Å². The smallest absolute Gasteiger partial charge is 0.337 e. The molecule has 98 valence electrons. The van der Waals surface area contributed by atoms with Gasteiger partial charge in [-0.3, -0.25) is 4.90 Å². The van der Waals surface area contributed by atoms with Crippen LogP contribution in [0.5, 0.6) is 0 Å². The summed E-state index contributed by atoms with van der Waals surface area (Å²) in [6.45, 7) is 6.32. The number of piperazine rings is 1. The van der Waals surface area contributed by atoms with E-state index in [0.29, 0.717) is 11.6 Å². The van der Waals surface area contributed by atoms with E-state index in [2.05, 4.69) is 21.9 Å². The Morgan fingerprint density at radius 2 is 2.17 bits per heavy atom. The number of nitrogens with one attached hydrogen (secondary N) is 1. The van der Waals surface area contributed by atoms with Crippen LogP contribution < -0.4 is 5.32 Å². The van der Waals surface area contributed by atoms with Crippen LogP contribution in [-0.4, -0.2) is 43.7 Å². The van der Waals surface area contributed by atoms with Gasteiger partial charge in [0.25, 0.3) is 0 Å². The number of methoxy groups -OCH3 is 1. The second-order valence-corrected chi connectivity index (χ2v) is 4.71. The summed E-state index contributed by atoms with van der Waals surface area (Å²) in [5.41, 5.74) is 1.84. The van der Waals surface area contributed by atoms with Crippen LogP contribution in [0.2, 0.25) is 0 Å². The van der Waals surface area contributed by atoms with E-state index >= 15 is 0 Å². The second kappa shape index (κ2) is 5.98. The molecule has 0 amide bonds. The summed E-state index contributed by atoms with van der Waals surface area (Å²) in [6, 6.07) is 8.21. The molecule has 1 unspecified atom stereocenters. The quantitative estimate of drug-likeness (QED) is 0.818. The van der Waals surface area contributed by atoms with Crippen LogP contribution >= 0.6 is 0 Å². The topological polar surface area (TPSA) is 41.6 Å². The Hall–Kier alpha value is -1.39. The molecule has 0 spiro atoms. The van der Waals surface area contributed by atoms with Crippen LogP contribution in [0.15, 0.2) is 24.3 Å². The van der Waals surface area contributed by atoms with Gasteiger partial charge >= 0.3 is 5.97 Å². The highest BCUT2D eigenvalue weighted by molar-refractivity contribution is 5.89. The third-order valence-corrected chi connectivity index (χ3v) is 3.40. The van der Waals surface area contributed by atoms with Crippen molar-refractivity contribution < 1.29 is 9.53 Å². The van der Waals surface area contributed by atoms with E-state index in [1.54, 1.807) is 0 Å². The van der Waals surface area contributed by atoms with Gasteiger partial charge in [-0.2, -0.15) is 0 Å². The van der Waals surface area contributed by atoms with Crippen molar-refractivity contribution in [3.8, 4) is 0 Å². The van der Waals surface area contributed by atoms with Crippen molar-refractivity contribution in [3.63, 3.8) is 0 Å². The van der Waals surface area contributed by atoms with Gasteiger partial charge in [-0.15, -0.1) is 0 Å². The number of rotatable bonds is 3. The summed E-state index contributed by atoms with van der Waals surface area (Å²) in [4.78, 5) is 13.8. The number of benzene rings is 1. The molecule has 2 rings (SSSR count). The highest BCUT2D eigenvalue weighted by Crippen LogP contribution is 2.11. The zero-order valence-corrected chi connectivity index (χ0v) is 11.0. The van der Waals surface area contributed by atoms with Gasteiger partial charge in [0.05, 0.1) is 12.7 Å². The SMILES string of the molecule is COC(=O)c1ccc(CN2CCNCC2C)cc1. The standard InChI is InChI=1S/C14H20N2O2/c1-11-9-15-7-8-16(11)10-12-3-5-13(6-4-12)14(17)18-2/h3-6,11,15H,7-10H2,1-2H3. The summed E-state index contributed by atoms with van der Waals surface area (Å²) >= 11 is 0. The molecule has 1 aliphatic rings. The normalized spacial score (nSPS) is 20.7. The van der Waals surface area contributed by atoms with Gasteiger partial charge < -0.3 is 10.1 Å². The Kier molecular flexibility index (Phi) is 4.33. The van der Waals surface area contributed by atoms with Crippen molar-refractivity contribution in [1.82, 2.24) is 10.2 Å². The number of carbonyl (C=O) groups excluding carboxylic acids is 1. The van der Waals surface area contributed by atoms with Crippen molar-refractivity contribution in [3.05, 3.63) is 35.4 Å². The molecule has 0 bridgehead atoms. The molecule has 4 nitrogen and oxygen atoms in total. The number of hydrogen-bond acceptors (Lipinski definition) is 4. The molecule has 1 saturated heterocycles. The number of ether oxygens (including phenoxy) is 1. The third-order valence-electron chi connectivity index (χ3n) is 3.40. The number of hydrogen-bond donors (Lipinski definition) is 1. The van der Waals surface area contributed by atoms with Crippen molar-refractivity contribution >= 4 is 5.97 Å². The van der Waals surface area contributed by atoms with Gasteiger partial charge in [-0.1, -0.05) is 12.1 Å². The minimum absolute atomic E-state index is 0.280. The van der Waals surface area contributed by atoms with E-state index < -0.39 is 0 Å². The van der Waals surface area contributed by atoms with Gasteiger partial charge in [0.15, 0.2) is 0 Å². The molecule has 1 atom stereocenters. The first-order valence-corrected chi connectivity index (χ1v) is 6.32. The average molecular weight is 248 g/mol. The van der Waals surface area contributed by atoms with E-state index in [1.165, 1.54) is 12.7 Å². The summed E-state index contributed by atoms with van der Waals surface area (Å²) < 4.78 is 4.69. The van der Waals surface area contributed by atoms with Gasteiger partial charge in [-0.25, -0.2) is 4.79 Å². The highest BCUT2D eigenvalue weighted by Gasteiger charge is 2.17. The summed E-state index contributed by atoms with van der Waals surface area (Å²) in [5.74, 6) is -0.280. The summed E-state index contributed by atoms with van der Waals surface area (Å²) in [5, 5.41) is 3.38. The van der Waals surface area contributed by atoms with Gasteiger partial charge in [-0.05, 0) is 24.6 Å². The molecule has 1 aliphatic heterocycles. The molecule has 4 heteroatoms. The maximum atomic E-state index is 11.3. The fourth-order valence-electron chi connectivity index (χ4n) is 2.22. The molecule has 0 radical (unpaired) electrons. The Bertz CT molecular complexity index is 403. The number of nitrogens with zero attached hydrogens (tertiary/aromatic N) is 1. The van der Waals surface area contributed by atoms with Gasteiger partial charge in [0, 0.05) is 32.2 Å². The second-order valence-electron chi connectivity index (χ2n) is 4.71. The molecule has 1 N–H and O–H groups in total. The van der Waals surface area contributed by atoms with E-state index in [1.807, 2.05) is 24.3 Å². The molecule has 0 saturated carbocycles. The zero-order chi connectivity index (χ0) is 13.0. The van der Waals surface area contributed by atoms with Crippen molar-refractivity contribution in [2.75, 3.05) is 26.7 Å². The minimum atomic E-state index is -0.280. The predicted molar refractivity (Wildman–Crippen MR) is 70.5 cm³/mol. The van der Waals surface area contributed by atoms with Gasteiger partial charge in [0.2, 0.25) is 0 Å². The van der Waals surface area contributed by atoms with Crippen LogP contribution in [0.1, 0.15) is 22.8 Å². The van der Waals surface area contributed by atoms with Crippen molar-refractivity contribution in [2.45, 2.75) is 19.5 Å². The lowest BCUT2D eigenvalue weighted by molar-refractivity contribution is 0.0600. The maximum Gasteiger partial charge on any atom is 0.337 e. The van der Waals surface area contributed by atoms with Crippen LogP contribution in [0, 0.1) is 0 Å². The van der Waals surface area contributed by atoms with Crippen molar-refractivity contribution in [1.29, 1.82) is 0 Å². The lowest BCUT2D eigenvalue weighted by Gasteiger charge is -2.33. The van der Waals surface area contributed by atoms with Crippen LogP contribution in [0.3, 0.4) is 0 Å². The van der Waals surface area contributed by atoms with Crippen LogP contribution in [0.4, 0.5) is 0 Å². The molecule has 0 aromatic heterocycles. The first-order chi connectivity index (χ1) is 8.70. The van der Waals surface area contributed by atoms with E-state index in [-0.39, 0.29) is 5.97 Å². The Balaban J connectivity index is 1.99. The maximum absolute atomic E-state index is 11.3. The van der Waals surface area contributed by atoms with E-state index in [0.717, 1.165) is 26.2 Å². The minimum Gasteiger partial charge on any atom is -0.465 e. The molecule has 18 heavy (non-hydrogen) atoms. The predicted octanol–water partition coefficient (Wildman–Crippen LogP) is 1.27. The molecule has 1 heterocycles. The lowest BCUT2D eigenvalue weighted by atomic mass is 10.1. The molecule has 0 aliphatic carbocycles. The van der Waals surface area contributed by atoms with E-state index in [4.69, 9.17) is 0 Å². The Labute approximate surface area is 108 Å². The zero-order valence-electron chi connectivity index (χ0n) is 11.0.